The number of hydrogen-bond acceptors (Lipinski definition) is 3. The summed E-state index contributed by atoms with van der Waals surface area (Å²) in [6.45, 7) is 4.03. The second-order valence-corrected chi connectivity index (χ2v) is 6.21. The van der Waals surface area contributed by atoms with E-state index in [9.17, 15) is 4.79 Å². The monoisotopic (exact) mass is 283 g/mol. The highest BCUT2D eigenvalue weighted by Gasteiger charge is 2.23. The number of benzene rings is 1. The first-order valence-corrected chi connectivity index (χ1v) is 7.83. The number of halogens is 1. The third kappa shape index (κ3) is 3.50. The predicted molar refractivity (Wildman–Crippen MR) is 78.8 cm³/mol. The first-order valence-electron chi connectivity index (χ1n) is 6.30. The maximum absolute atomic E-state index is 12.4. The molecule has 1 unspecified atom stereocenters. The molecule has 0 aromatic heterocycles. The first-order chi connectivity index (χ1) is 8.68. The van der Waals surface area contributed by atoms with Crippen LogP contribution in [0.25, 0.3) is 0 Å². The van der Waals surface area contributed by atoms with Crippen LogP contribution in [0.5, 0.6) is 0 Å². The summed E-state index contributed by atoms with van der Waals surface area (Å²) >= 11 is 7.82. The van der Waals surface area contributed by atoms with E-state index in [1.807, 2.05) is 30.8 Å². The summed E-state index contributed by atoms with van der Waals surface area (Å²) in [7, 11) is 0. The number of carbonyl (C=O) groups is 1. The van der Waals surface area contributed by atoms with Crippen molar-refractivity contribution in [3.8, 4) is 0 Å². The molecule has 1 aliphatic heterocycles. The van der Waals surface area contributed by atoms with Gasteiger partial charge in [-0.25, -0.2) is 0 Å². The van der Waals surface area contributed by atoms with Gasteiger partial charge in [0.15, 0.2) is 5.78 Å². The molecule has 2 nitrogen and oxygen atoms in total. The molecule has 4 heteroatoms. The SMILES string of the molecule is CC(C(=O)c1ccc(Cl)cc1)N1CCCSCC1. The normalized spacial score (nSPS) is 19.2. The summed E-state index contributed by atoms with van der Waals surface area (Å²) in [6, 6.07) is 7.14. The quantitative estimate of drug-likeness (QED) is 0.794. The molecule has 0 saturated carbocycles. The fourth-order valence-corrected chi connectivity index (χ4v) is 3.20. The smallest absolute Gasteiger partial charge is 0.179 e. The Labute approximate surface area is 118 Å². The summed E-state index contributed by atoms with van der Waals surface area (Å²) in [6.07, 6.45) is 1.17. The summed E-state index contributed by atoms with van der Waals surface area (Å²) < 4.78 is 0. The lowest BCUT2D eigenvalue weighted by Gasteiger charge is -2.26. The summed E-state index contributed by atoms with van der Waals surface area (Å²) in [5.41, 5.74) is 0.754. The van der Waals surface area contributed by atoms with E-state index in [4.69, 9.17) is 11.6 Å². The lowest BCUT2D eigenvalue weighted by Crippen LogP contribution is -2.40. The van der Waals surface area contributed by atoms with Crippen LogP contribution in [0.15, 0.2) is 24.3 Å². The minimum absolute atomic E-state index is 0.0372. The van der Waals surface area contributed by atoms with Gasteiger partial charge in [-0.2, -0.15) is 11.8 Å². The van der Waals surface area contributed by atoms with E-state index >= 15 is 0 Å². The van der Waals surface area contributed by atoms with Crippen molar-refractivity contribution in [3.05, 3.63) is 34.9 Å². The molecular weight excluding hydrogens is 266 g/mol. The molecule has 0 aliphatic carbocycles. The third-order valence-electron chi connectivity index (χ3n) is 3.31. The highest BCUT2D eigenvalue weighted by atomic mass is 35.5. The Hall–Kier alpha value is -0.510. The zero-order valence-electron chi connectivity index (χ0n) is 10.6. The molecule has 1 aromatic carbocycles. The Morgan fingerprint density at radius 3 is 2.72 bits per heavy atom. The molecule has 1 heterocycles. The van der Waals surface area contributed by atoms with Gasteiger partial charge < -0.3 is 0 Å². The minimum atomic E-state index is -0.0372. The number of Topliss-reactive ketones (excluding diaryl/α,β-unsaturated/α-hetero) is 1. The Balaban J connectivity index is 2.05. The molecule has 98 valence electrons. The first kappa shape index (κ1) is 13.9. The maximum Gasteiger partial charge on any atom is 0.179 e. The second kappa shape index (κ2) is 6.60. The molecule has 1 fully saturated rings. The fraction of sp³-hybridized carbons (Fsp3) is 0.500. The lowest BCUT2D eigenvalue weighted by molar-refractivity contribution is 0.0848. The summed E-state index contributed by atoms with van der Waals surface area (Å²) in [5.74, 6) is 2.52. The Bertz CT molecular complexity index is 399. The molecule has 1 saturated heterocycles. The van der Waals surface area contributed by atoms with Crippen LogP contribution < -0.4 is 0 Å². The average Bonchev–Trinajstić information content (AvgIpc) is 2.67. The van der Waals surface area contributed by atoms with Crippen LogP contribution in [0.4, 0.5) is 0 Å². The number of nitrogens with zero attached hydrogens (tertiary/aromatic N) is 1. The van der Waals surface area contributed by atoms with E-state index in [1.165, 1.54) is 12.2 Å². The molecule has 2 rings (SSSR count). The fourth-order valence-electron chi connectivity index (χ4n) is 2.17. The van der Waals surface area contributed by atoms with Gasteiger partial charge in [-0.1, -0.05) is 11.6 Å². The number of carbonyl (C=O) groups excluding carboxylic acids is 1. The Morgan fingerprint density at radius 1 is 1.28 bits per heavy atom. The highest BCUT2D eigenvalue weighted by Crippen LogP contribution is 2.17. The number of rotatable bonds is 3. The number of ketones is 1. The van der Waals surface area contributed by atoms with Crippen molar-refractivity contribution in [2.75, 3.05) is 24.6 Å². The van der Waals surface area contributed by atoms with Crippen molar-refractivity contribution >= 4 is 29.1 Å². The molecule has 1 aliphatic rings. The van der Waals surface area contributed by atoms with Crippen LogP contribution in [-0.4, -0.2) is 41.3 Å². The van der Waals surface area contributed by atoms with Gasteiger partial charge in [0, 0.05) is 22.9 Å². The zero-order valence-corrected chi connectivity index (χ0v) is 12.1. The molecule has 0 bridgehead atoms. The molecule has 0 radical (unpaired) electrons. The Kier molecular flexibility index (Phi) is 5.10. The van der Waals surface area contributed by atoms with Gasteiger partial charge in [-0.15, -0.1) is 0 Å². The summed E-state index contributed by atoms with van der Waals surface area (Å²) in [4.78, 5) is 14.7. The van der Waals surface area contributed by atoms with Crippen molar-refractivity contribution in [2.45, 2.75) is 19.4 Å². The van der Waals surface area contributed by atoms with Crippen LogP contribution in [-0.2, 0) is 0 Å². The molecular formula is C14H18ClNOS. The Morgan fingerprint density at radius 2 is 2.00 bits per heavy atom. The topological polar surface area (TPSA) is 20.3 Å². The van der Waals surface area contributed by atoms with E-state index in [0.717, 1.165) is 24.4 Å². The van der Waals surface area contributed by atoms with Crippen molar-refractivity contribution < 1.29 is 4.79 Å². The van der Waals surface area contributed by atoms with Crippen molar-refractivity contribution in [2.24, 2.45) is 0 Å². The van der Waals surface area contributed by atoms with Crippen LogP contribution in [0.1, 0.15) is 23.7 Å². The largest absolute Gasteiger partial charge is 0.293 e. The van der Waals surface area contributed by atoms with Gasteiger partial charge in [0.1, 0.15) is 0 Å². The molecule has 1 atom stereocenters. The lowest BCUT2D eigenvalue weighted by atomic mass is 10.0. The number of thioether (sulfide) groups is 1. The van der Waals surface area contributed by atoms with Crippen molar-refractivity contribution in [1.29, 1.82) is 0 Å². The summed E-state index contributed by atoms with van der Waals surface area (Å²) in [5, 5.41) is 0.672. The van der Waals surface area contributed by atoms with Crippen LogP contribution >= 0.6 is 23.4 Å². The zero-order chi connectivity index (χ0) is 13.0. The van der Waals surface area contributed by atoms with Gasteiger partial charge >= 0.3 is 0 Å². The van der Waals surface area contributed by atoms with Crippen molar-refractivity contribution in [1.82, 2.24) is 4.90 Å². The molecule has 1 aromatic rings. The van der Waals surface area contributed by atoms with E-state index in [0.29, 0.717) is 5.02 Å². The predicted octanol–water partition coefficient (Wildman–Crippen LogP) is 3.35. The van der Waals surface area contributed by atoms with Gasteiger partial charge in [0.25, 0.3) is 0 Å². The van der Waals surface area contributed by atoms with E-state index in [2.05, 4.69) is 4.90 Å². The van der Waals surface area contributed by atoms with Crippen LogP contribution in [0, 0.1) is 0 Å². The van der Waals surface area contributed by atoms with Crippen molar-refractivity contribution in [3.63, 3.8) is 0 Å². The van der Waals surface area contributed by atoms with Gasteiger partial charge in [0.2, 0.25) is 0 Å². The number of hydrogen-bond donors (Lipinski definition) is 0. The van der Waals surface area contributed by atoms with E-state index in [1.54, 1.807) is 12.1 Å². The third-order valence-corrected chi connectivity index (χ3v) is 4.61. The standard InChI is InChI=1S/C14H18ClNOS/c1-11(16-7-2-9-18-10-8-16)14(17)12-3-5-13(15)6-4-12/h3-6,11H,2,7-10H2,1H3. The highest BCUT2D eigenvalue weighted by molar-refractivity contribution is 7.99. The maximum atomic E-state index is 12.4. The second-order valence-electron chi connectivity index (χ2n) is 4.55. The van der Waals surface area contributed by atoms with Crippen LogP contribution in [0.3, 0.4) is 0 Å². The van der Waals surface area contributed by atoms with Gasteiger partial charge in [-0.05, 0) is 49.9 Å². The van der Waals surface area contributed by atoms with Crippen LogP contribution in [0.2, 0.25) is 5.02 Å². The van der Waals surface area contributed by atoms with Gasteiger partial charge in [0.05, 0.1) is 6.04 Å². The molecule has 18 heavy (non-hydrogen) atoms. The average molecular weight is 284 g/mol. The van der Waals surface area contributed by atoms with E-state index < -0.39 is 0 Å². The van der Waals surface area contributed by atoms with E-state index in [-0.39, 0.29) is 11.8 Å². The minimum Gasteiger partial charge on any atom is -0.293 e. The molecule has 0 N–H and O–H groups in total. The molecule has 0 spiro atoms. The molecule has 0 amide bonds. The van der Waals surface area contributed by atoms with Gasteiger partial charge in [-0.3, -0.25) is 9.69 Å².